The van der Waals surface area contributed by atoms with E-state index >= 15 is 0 Å². The van der Waals surface area contributed by atoms with E-state index in [4.69, 9.17) is 0 Å². The molecule has 1 aromatic carbocycles. The van der Waals surface area contributed by atoms with Gasteiger partial charge in [0.05, 0.1) is 5.71 Å². The SMILES string of the molecule is C/C=N\C=C(/C)c1ccccc1C(C)C/C(=N/O)C1CCCCC1. The Bertz CT molecular complexity index is 610. The van der Waals surface area contributed by atoms with Crippen molar-refractivity contribution in [3.63, 3.8) is 0 Å². The highest BCUT2D eigenvalue weighted by Crippen LogP contribution is 2.32. The first kappa shape index (κ1) is 18.4. The van der Waals surface area contributed by atoms with E-state index < -0.39 is 0 Å². The van der Waals surface area contributed by atoms with E-state index in [1.165, 1.54) is 30.4 Å². The van der Waals surface area contributed by atoms with Crippen LogP contribution in [-0.2, 0) is 0 Å². The Morgan fingerprint density at radius 2 is 1.96 bits per heavy atom. The molecule has 1 saturated carbocycles. The molecule has 3 nitrogen and oxygen atoms in total. The molecule has 1 aliphatic carbocycles. The molecule has 2 rings (SSSR count). The van der Waals surface area contributed by atoms with Gasteiger partial charge in [0.1, 0.15) is 0 Å². The zero-order valence-electron chi connectivity index (χ0n) is 15.2. The van der Waals surface area contributed by atoms with E-state index in [1.807, 2.05) is 13.1 Å². The van der Waals surface area contributed by atoms with E-state index in [0.29, 0.717) is 11.8 Å². The predicted octanol–water partition coefficient (Wildman–Crippen LogP) is 6.04. The highest BCUT2D eigenvalue weighted by Gasteiger charge is 2.23. The van der Waals surface area contributed by atoms with E-state index in [0.717, 1.165) is 30.5 Å². The summed E-state index contributed by atoms with van der Waals surface area (Å²) in [5, 5.41) is 13.2. The minimum Gasteiger partial charge on any atom is -0.411 e. The summed E-state index contributed by atoms with van der Waals surface area (Å²) >= 11 is 0. The zero-order valence-corrected chi connectivity index (χ0v) is 15.2. The Kier molecular flexibility index (Phi) is 7.23. The van der Waals surface area contributed by atoms with Crippen molar-refractivity contribution in [3.8, 4) is 0 Å². The van der Waals surface area contributed by atoms with Crippen molar-refractivity contribution < 1.29 is 5.21 Å². The summed E-state index contributed by atoms with van der Waals surface area (Å²) in [6.45, 7) is 6.25. The van der Waals surface area contributed by atoms with Crippen LogP contribution in [0.1, 0.15) is 76.3 Å². The summed E-state index contributed by atoms with van der Waals surface area (Å²) in [5.74, 6) is 0.780. The molecule has 0 bridgehead atoms. The molecular weight excluding hydrogens is 296 g/mol. The highest BCUT2D eigenvalue weighted by atomic mass is 16.4. The van der Waals surface area contributed by atoms with E-state index in [-0.39, 0.29) is 0 Å². The van der Waals surface area contributed by atoms with Crippen molar-refractivity contribution >= 4 is 17.5 Å². The molecule has 1 fully saturated rings. The van der Waals surface area contributed by atoms with Crippen LogP contribution >= 0.6 is 0 Å². The maximum Gasteiger partial charge on any atom is 0.0607 e. The van der Waals surface area contributed by atoms with Crippen LogP contribution in [0.25, 0.3) is 5.57 Å². The number of hydrogen-bond acceptors (Lipinski definition) is 3. The third-order valence-corrected chi connectivity index (χ3v) is 5.05. The highest BCUT2D eigenvalue weighted by molar-refractivity contribution is 5.87. The molecule has 1 unspecified atom stereocenters. The summed E-state index contributed by atoms with van der Waals surface area (Å²) in [7, 11) is 0. The number of rotatable bonds is 6. The Balaban J connectivity index is 2.18. The van der Waals surface area contributed by atoms with Crippen molar-refractivity contribution in [2.45, 2.75) is 65.2 Å². The average Bonchev–Trinajstić information content (AvgIpc) is 2.64. The molecule has 0 saturated heterocycles. The fourth-order valence-corrected chi connectivity index (χ4v) is 3.69. The molecule has 0 aliphatic heterocycles. The van der Waals surface area contributed by atoms with Crippen LogP contribution in [0.5, 0.6) is 0 Å². The van der Waals surface area contributed by atoms with Gasteiger partial charge in [-0.2, -0.15) is 0 Å². The van der Waals surface area contributed by atoms with Gasteiger partial charge in [0.15, 0.2) is 0 Å². The summed E-state index contributed by atoms with van der Waals surface area (Å²) in [6, 6.07) is 8.49. The largest absolute Gasteiger partial charge is 0.411 e. The first-order valence-electron chi connectivity index (χ1n) is 9.12. The lowest BCUT2D eigenvalue weighted by molar-refractivity contribution is 0.307. The maximum absolute atomic E-state index is 9.53. The van der Waals surface area contributed by atoms with Crippen LogP contribution in [-0.4, -0.2) is 17.1 Å². The van der Waals surface area contributed by atoms with Crippen LogP contribution < -0.4 is 0 Å². The predicted molar refractivity (Wildman–Crippen MR) is 103 cm³/mol. The molecule has 0 heterocycles. The summed E-state index contributed by atoms with van der Waals surface area (Å²) < 4.78 is 0. The van der Waals surface area contributed by atoms with E-state index in [2.05, 4.69) is 48.3 Å². The number of hydrogen-bond donors (Lipinski definition) is 1. The lowest BCUT2D eigenvalue weighted by Gasteiger charge is -2.25. The van der Waals surface area contributed by atoms with Crippen LogP contribution in [0, 0.1) is 5.92 Å². The Morgan fingerprint density at radius 1 is 1.25 bits per heavy atom. The van der Waals surface area contributed by atoms with Crippen LogP contribution in [0.15, 0.2) is 40.6 Å². The molecule has 0 spiro atoms. The first-order valence-corrected chi connectivity index (χ1v) is 9.12. The average molecular weight is 326 g/mol. The molecule has 0 aromatic heterocycles. The normalized spacial score (nSPS) is 19.0. The van der Waals surface area contributed by atoms with Gasteiger partial charge in [0.2, 0.25) is 0 Å². The molecule has 24 heavy (non-hydrogen) atoms. The third-order valence-electron chi connectivity index (χ3n) is 5.05. The van der Waals surface area contributed by atoms with Crippen molar-refractivity contribution in [3.05, 3.63) is 41.6 Å². The summed E-state index contributed by atoms with van der Waals surface area (Å²) in [4.78, 5) is 4.25. The van der Waals surface area contributed by atoms with Gasteiger partial charge < -0.3 is 5.21 Å². The second kappa shape index (κ2) is 9.41. The smallest absolute Gasteiger partial charge is 0.0607 e. The molecule has 130 valence electrons. The molecule has 0 amide bonds. The Labute approximate surface area is 146 Å². The first-order chi connectivity index (χ1) is 11.7. The Morgan fingerprint density at radius 3 is 2.62 bits per heavy atom. The summed E-state index contributed by atoms with van der Waals surface area (Å²) in [6.07, 6.45) is 10.7. The maximum atomic E-state index is 9.53. The van der Waals surface area contributed by atoms with Gasteiger partial charge in [-0.25, -0.2) is 0 Å². The summed E-state index contributed by atoms with van der Waals surface area (Å²) in [5.41, 5.74) is 4.67. The van der Waals surface area contributed by atoms with Gasteiger partial charge in [-0.15, -0.1) is 0 Å². The molecule has 0 radical (unpaired) electrons. The second-order valence-electron chi connectivity index (χ2n) is 6.84. The van der Waals surface area contributed by atoms with Crippen LogP contribution in [0.4, 0.5) is 0 Å². The van der Waals surface area contributed by atoms with Gasteiger partial charge in [-0.3, -0.25) is 4.99 Å². The zero-order chi connectivity index (χ0) is 17.4. The van der Waals surface area contributed by atoms with Crippen molar-refractivity contribution in [2.75, 3.05) is 0 Å². The van der Waals surface area contributed by atoms with Gasteiger partial charge in [0, 0.05) is 18.3 Å². The number of aliphatic imine (C=N–C) groups is 1. The monoisotopic (exact) mass is 326 g/mol. The number of nitrogens with zero attached hydrogens (tertiary/aromatic N) is 2. The second-order valence-corrected chi connectivity index (χ2v) is 6.84. The van der Waals surface area contributed by atoms with Gasteiger partial charge in [-0.05, 0) is 55.7 Å². The minimum atomic E-state index is 0.322. The lowest BCUT2D eigenvalue weighted by Crippen LogP contribution is -2.20. The molecule has 1 N–H and O–H groups in total. The van der Waals surface area contributed by atoms with Crippen molar-refractivity contribution in [1.29, 1.82) is 0 Å². The van der Waals surface area contributed by atoms with Crippen molar-refractivity contribution in [1.82, 2.24) is 0 Å². The van der Waals surface area contributed by atoms with Crippen LogP contribution in [0.3, 0.4) is 0 Å². The quantitative estimate of drug-likeness (QED) is 0.386. The van der Waals surface area contributed by atoms with Crippen LogP contribution in [0.2, 0.25) is 0 Å². The number of benzene rings is 1. The van der Waals surface area contributed by atoms with Gasteiger partial charge in [-0.1, -0.05) is 55.6 Å². The Hall–Kier alpha value is -1.90. The minimum absolute atomic E-state index is 0.322. The molecular formula is C21H30N2O. The lowest BCUT2D eigenvalue weighted by atomic mass is 9.80. The van der Waals surface area contributed by atoms with Crippen molar-refractivity contribution in [2.24, 2.45) is 16.1 Å². The third kappa shape index (κ3) is 4.80. The molecule has 1 aromatic rings. The standard InChI is InChI=1S/C21H30N2O/c1-4-22-15-17(3)20-13-9-8-12-19(20)16(2)14-21(23-24)18-10-6-5-7-11-18/h4,8-9,12-13,15-16,18,24H,5-7,10-11,14H2,1-3H3/b17-15+,22-4-,23-21-. The van der Waals surface area contributed by atoms with Gasteiger partial charge in [0.25, 0.3) is 0 Å². The number of oxime groups is 1. The molecule has 3 heteroatoms. The molecule has 1 atom stereocenters. The number of allylic oxidation sites excluding steroid dienone is 1. The topological polar surface area (TPSA) is 45.0 Å². The van der Waals surface area contributed by atoms with Gasteiger partial charge >= 0.3 is 0 Å². The van der Waals surface area contributed by atoms with E-state index in [9.17, 15) is 5.21 Å². The fourth-order valence-electron chi connectivity index (χ4n) is 3.69. The fraction of sp³-hybridized carbons (Fsp3) is 0.524. The van der Waals surface area contributed by atoms with E-state index in [1.54, 1.807) is 6.21 Å². The molecule has 1 aliphatic rings.